The molecule has 4 rings (SSSR count). The minimum absolute atomic E-state index is 0.0625. The van der Waals surface area contributed by atoms with E-state index < -0.39 is 0 Å². The molecule has 1 amide bonds. The van der Waals surface area contributed by atoms with E-state index in [9.17, 15) is 4.79 Å². The molecule has 0 N–H and O–H groups in total. The number of amides is 1. The van der Waals surface area contributed by atoms with Crippen LogP contribution in [0, 0.1) is 0 Å². The van der Waals surface area contributed by atoms with Gasteiger partial charge < -0.3 is 14.4 Å². The van der Waals surface area contributed by atoms with Crippen LogP contribution in [-0.4, -0.2) is 58.6 Å². The van der Waals surface area contributed by atoms with Crippen molar-refractivity contribution in [3.63, 3.8) is 0 Å². The van der Waals surface area contributed by atoms with E-state index in [1.807, 2.05) is 15.8 Å². The second-order valence-electron chi connectivity index (χ2n) is 7.20. The minimum Gasteiger partial charge on any atom is -0.381 e. The summed E-state index contributed by atoms with van der Waals surface area (Å²) in [5, 5.41) is 4.40. The Bertz CT molecular complexity index is 575. The van der Waals surface area contributed by atoms with E-state index in [1.54, 1.807) is 6.20 Å². The molecule has 6 nitrogen and oxygen atoms in total. The lowest BCUT2D eigenvalue weighted by molar-refractivity contribution is -0.176. The summed E-state index contributed by atoms with van der Waals surface area (Å²) in [6.45, 7) is 4.79. The van der Waals surface area contributed by atoms with E-state index in [2.05, 4.69) is 12.0 Å². The first-order valence-electron chi connectivity index (χ1n) is 8.74. The predicted molar refractivity (Wildman–Crippen MR) is 84.3 cm³/mol. The normalized spacial score (nSPS) is 27.9. The number of rotatable bonds is 2. The fraction of sp³-hybridized carbons (Fsp3) is 0.765. The van der Waals surface area contributed by atoms with Crippen molar-refractivity contribution in [2.24, 2.45) is 0 Å². The average Bonchev–Trinajstić information content (AvgIpc) is 2.94. The highest BCUT2D eigenvalue weighted by molar-refractivity contribution is 5.93. The summed E-state index contributed by atoms with van der Waals surface area (Å²) < 4.78 is 13.6. The molecule has 0 radical (unpaired) electrons. The largest absolute Gasteiger partial charge is 0.381 e. The van der Waals surface area contributed by atoms with E-state index in [4.69, 9.17) is 9.47 Å². The fourth-order valence-corrected chi connectivity index (χ4v) is 3.88. The van der Waals surface area contributed by atoms with E-state index in [0.29, 0.717) is 37.9 Å². The molecule has 1 saturated carbocycles. The van der Waals surface area contributed by atoms with Gasteiger partial charge in [0.05, 0.1) is 36.1 Å². The first kappa shape index (κ1) is 15.1. The van der Waals surface area contributed by atoms with Crippen LogP contribution in [0.4, 0.5) is 0 Å². The molecule has 0 bridgehead atoms. The molecule has 23 heavy (non-hydrogen) atoms. The highest BCUT2D eigenvalue weighted by atomic mass is 16.5. The number of carbonyl (C=O) groups is 1. The van der Waals surface area contributed by atoms with Crippen LogP contribution in [0.5, 0.6) is 0 Å². The van der Waals surface area contributed by atoms with Crippen LogP contribution in [0.15, 0.2) is 12.4 Å². The summed E-state index contributed by atoms with van der Waals surface area (Å²) >= 11 is 0. The highest BCUT2D eigenvalue weighted by Crippen LogP contribution is 2.33. The van der Waals surface area contributed by atoms with Crippen LogP contribution >= 0.6 is 0 Å². The summed E-state index contributed by atoms with van der Waals surface area (Å²) in [5.74, 6) is 0.0802. The van der Waals surface area contributed by atoms with Gasteiger partial charge >= 0.3 is 0 Å². The lowest BCUT2D eigenvalue weighted by Crippen LogP contribution is -2.58. The van der Waals surface area contributed by atoms with E-state index in [0.717, 1.165) is 12.8 Å². The highest BCUT2D eigenvalue weighted by Gasteiger charge is 2.42. The van der Waals surface area contributed by atoms with Gasteiger partial charge in [0.15, 0.2) is 0 Å². The smallest absolute Gasteiger partial charge is 0.257 e. The second-order valence-corrected chi connectivity index (χ2v) is 7.20. The zero-order valence-corrected chi connectivity index (χ0v) is 13.7. The number of aromatic nitrogens is 2. The van der Waals surface area contributed by atoms with E-state index >= 15 is 0 Å². The van der Waals surface area contributed by atoms with Crippen molar-refractivity contribution in [1.82, 2.24) is 14.7 Å². The number of nitrogens with zero attached hydrogens (tertiary/aromatic N) is 3. The van der Waals surface area contributed by atoms with Crippen LogP contribution in [0.3, 0.4) is 0 Å². The third-order valence-corrected chi connectivity index (χ3v) is 5.40. The summed E-state index contributed by atoms with van der Waals surface area (Å²) in [6, 6.07) is 0.488. The summed E-state index contributed by atoms with van der Waals surface area (Å²) in [5.41, 5.74) is 0.475. The van der Waals surface area contributed by atoms with Crippen LogP contribution in [-0.2, 0) is 9.47 Å². The fourth-order valence-electron chi connectivity index (χ4n) is 3.88. The first-order chi connectivity index (χ1) is 11.2. The third kappa shape index (κ3) is 2.90. The molecule has 0 aromatic carbocycles. The Kier molecular flexibility index (Phi) is 3.89. The molecule has 1 atom stereocenters. The average molecular weight is 319 g/mol. The van der Waals surface area contributed by atoms with Crippen molar-refractivity contribution in [2.45, 2.75) is 56.8 Å². The Labute approximate surface area is 136 Å². The van der Waals surface area contributed by atoms with Gasteiger partial charge in [-0.25, -0.2) is 0 Å². The van der Waals surface area contributed by atoms with E-state index in [-0.39, 0.29) is 17.6 Å². The lowest BCUT2D eigenvalue weighted by atomic mass is 9.91. The van der Waals surface area contributed by atoms with Gasteiger partial charge in [0.1, 0.15) is 0 Å². The zero-order chi connectivity index (χ0) is 15.9. The molecular formula is C17H25N3O3. The van der Waals surface area contributed by atoms with Crippen molar-refractivity contribution < 1.29 is 14.3 Å². The monoisotopic (exact) mass is 319 g/mol. The number of morpholine rings is 1. The Morgan fingerprint density at radius 2 is 2.13 bits per heavy atom. The number of hydrogen-bond donors (Lipinski definition) is 0. The maximum atomic E-state index is 12.9. The van der Waals surface area contributed by atoms with Crippen molar-refractivity contribution in [1.29, 1.82) is 0 Å². The Balaban J connectivity index is 1.49. The summed E-state index contributed by atoms with van der Waals surface area (Å²) in [4.78, 5) is 14.8. The topological polar surface area (TPSA) is 56.6 Å². The molecular weight excluding hydrogens is 294 g/mol. The van der Waals surface area contributed by atoms with Crippen molar-refractivity contribution in [2.75, 3.05) is 26.3 Å². The quantitative estimate of drug-likeness (QED) is 0.837. The van der Waals surface area contributed by atoms with Gasteiger partial charge in [-0.2, -0.15) is 5.10 Å². The summed E-state index contributed by atoms with van der Waals surface area (Å²) in [7, 11) is 0. The molecule has 1 unspecified atom stereocenters. The molecule has 1 aromatic rings. The van der Waals surface area contributed by atoms with Gasteiger partial charge in [-0.1, -0.05) is 0 Å². The molecule has 2 aliphatic heterocycles. The number of ether oxygens (including phenoxy) is 2. The second kappa shape index (κ2) is 5.91. The van der Waals surface area contributed by atoms with Crippen molar-refractivity contribution in [3.05, 3.63) is 18.0 Å². The molecule has 3 heterocycles. The van der Waals surface area contributed by atoms with Crippen LogP contribution in [0.1, 0.15) is 55.4 Å². The van der Waals surface area contributed by atoms with Crippen LogP contribution in [0.25, 0.3) is 0 Å². The number of carbonyl (C=O) groups excluding carboxylic acids is 1. The third-order valence-electron chi connectivity index (χ3n) is 5.40. The van der Waals surface area contributed by atoms with Gasteiger partial charge in [0.2, 0.25) is 0 Å². The zero-order valence-electron chi connectivity index (χ0n) is 13.7. The Hall–Kier alpha value is -1.40. The molecule has 6 heteroatoms. The SMILES string of the molecule is CC1CN(C(=O)c2cnn(C3CCC3)c2)CC2(CCOCC2)O1. The maximum absolute atomic E-state index is 12.9. The van der Waals surface area contributed by atoms with E-state index in [1.165, 1.54) is 19.3 Å². The van der Waals surface area contributed by atoms with Gasteiger partial charge in [-0.3, -0.25) is 9.48 Å². The van der Waals surface area contributed by atoms with Gasteiger partial charge in [-0.05, 0) is 26.2 Å². The summed E-state index contributed by atoms with van der Waals surface area (Å²) in [6.07, 6.45) is 9.04. The standard InChI is InChI=1S/C17H25N3O3/c1-13-10-19(12-17(23-13)5-7-22-8-6-17)16(21)14-9-18-20(11-14)15-3-2-4-15/h9,11,13,15H,2-8,10,12H2,1H3. The molecule has 3 aliphatic rings. The maximum Gasteiger partial charge on any atom is 0.257 e. The molecule has 126 valence electrons. The van der Waals surface area contributed by atoms with Gasteiger partial charge in [-0.15, -0.1) is 0 Å². The van der Waals surface area contributed by atoms with Crippen molar-refractivity contribution in [3.8, 4) is 0 Å². The molecule has 1 spiro atoms. The number of hydrogen-bond acceptors (Lipinski definition) is 4. The van der Waals surface area contributed by atoms with Crippen LogP contribution < -0.4 is 0 Å². The Morgan fingerprint density at radius 1 is 1.35 bits per heavy atom. The van der Waals surface area contributed by atoms with Gasteiger partial charge in [0.25, 0.3) is 5.91 Å². The Morgan fingerprint density at radius 3 is 2.83 bits per heavy atom. The molecule has 1 aliphatic carbocycles. The minimum atomic E-state index is -0.227. The van der Waals surface area contributed by atoms with Crippen LogP contribution in [0.2, 0.25) is 0 Å². The molecule has 2 saturated heterocycles. The van der Waals surface area contributed by atoms with Crippen molar-refractivity contribution >= 4 is 5.91 Å². The first-order valence-corrected chi connectivity index (χ1v) is 8.74. The van der Waals surface area contributed by atoms with Gasteiger partial charge in [0, 0.05) is 38.8 Å². The predicted octanol–water partition coefficient (Wildman–Crippen LogP) is 2.02. The molecule has 3 fully saturated rings. The lowest BCUT2D eigenvalue weighted by Gasteiger charge is -2.47. The molecule has 1 aromatic heterocycles.